The highest BCUT2D eigenvalue weighted by Crippen LogP contribution is 1.98. The second-order valence-corrected chi connectivity index (χ2v) is 1.59. The Morgan fingerprint density at radius 2 is 2.67 bits per heavy atom. The van der Waals surface area contributed by atoms with Gasteiger partial charge >= 0.3 is 0 Å². The average Bonchev–Trinajstić information content (AvgIpc) is 2.18. The first kappa shape index (κ1) is 5.81. The van der Waals surface area contributed by atoms with E-state index < -0.39 is 0 Å². The fourth-order valence-corrected chi connectivity index (χ4v) is 0.540. The zero-order chi connectivity index (χ0) is 6.69. The van der Waals surface area contributed by atoms with Crippen molar-refractivity contribution < 1.29 is 0 Å². The Kier molecular flexibility index (Phi) is 1.48. The summed E-state index contributed by atoms with van der Waals surface area (Å²) in [6.45, 7) is 0. The van der Waals surface area contributed by atoms with Crippen molar-refractivity contribution in [2.45, 2.75) is 0 Å². The van der Waals surface area contributed by atoms with E-state index in [9.17, 15) is 0 Å². The fraction of sp³-hybridized carbons (Fsp3) is 0.200. The molecule has 0 aliphatic rings. The van der Waals surface area contributed by atoms with Crippen molar-refractivity contribution in [1.82, 2.24) is 9.97 Å². The summed E-state index contributed by atoms with van der Waals surface area (Å²) in [5.74, 6) is 0.556. The summed E-state index contributed by atoms with van der Waals surface area (Å²) in [7, 11) is 1.67. The lowest BCUT2D eigenvalue weighted by Gasteiger charge is -1.83. The predicted octanol–water partition coefficient (Wildman–Crippen LogP) is 0.0406. The van der Waals surface area contributed by atoms with E-state index in [0.29, 0.717) is 11.5 Å². The summed E-state index contributed by atoms with van der Waals surface area (Å²) in [5, 5.41) is 0. The van der Waals surface area contributed by atoms with Gasteiger partial charge in [0.2, 0.25) is 0 Å². The van der Waals surface area contributed by atoms with Gasteiger partial charge in [0.1, 0.15) is 11.5 Å². The molecule has 0 atom stereocenters. The van der Waals surface area contributed by atoms with E-state index in [0.717, 1.165) is 0 Å². The standard InChI is InChI=1S/C5H8N4/c1-7-2-4-5(6)9-3-8-4/h2-3H,6H2,1H3,(H,8,9)/b7-2-. The molecule has 48 valence electrons. The van der Waals surface area contributed by atoms with E-state index in [1.54, 1.807) is 13.3 Å². The number of nitrogen functional groups attached to an aromatic ring is 1. The molecule has 4 heteroatoms. The van der Waals surface area contributed by atoms with E-state index in [2.05, 4.69) is 15.0 Å². The summed E-state index contributed by atoms with van der Waals surface area (Å²) in [6, 6.07) is 0. The van der Waals surface area contributed by atoms with Gasteiger partial charge in [-0.05, 0) is 0 Å². The number of nitrogens with two attached hydrogens (primary N) is 1. The number of aliphatic imine (C=N–C) groups is 1. The van der Waals surface area contributed by atoms with Crippen LogP contribution in [0.3, 0.4) is 0 Å². The number of hydrogen-bond acceptors (Lipinski definition) is 3. The number of nitrogens with zero attached hydrogens (tertiary/aromatic N) is 2. The molecule has 1 heterocycles. The Bertz CT molecular complexity index is 212. The highest BCUT2D eigenvalue weighted by Gasteiger charge is 1.93. The van der Waals surface area contributed by atoms with E-state index in [-0.39, 0.29) is 0 Å². The van der Waals surface area contributed by atoms with Crippen LogP contribution in [0.4, 0.5) is 5.82 Å². The molecule has 0 aliphatic carbocycles. The van der Waals surface area contributed by atoms with Gasteiger partial charge < -0.3 is 10.7 Å². The predicted molar refractivity (Wildman–Crippen MR) is 36.5 cm³/mol. The first-order valence-corrected chi connectivity index (χ1v) is 2.55. The summed E-state index contributed by atoms with van der Waals surface area (Å²) in [6.07, 6.45) is 3.14. The second kappa shape index (κ2) is 2.30. The van der Waals surface area contributed by atoms with Crippen molar-refractivity contribution in [2.24, 2.45) is 4.99 Å². The van der Waals surface area contributed by atoms with Gasteiger partial charge in [-0.1, -0.05) is 0 Å². The maximum Gasteiger partial charge on any atom is 0.129 e. The molecule has 0 radical (unpaired) electrons. The minimum Gasteiger partial charge on any atom is -0.383 e. The van der Waals surface area contributed by atoms with Crippen LogP contribution in [0.5, 0.6) is 0 Å². The molecular weight excluding hydrogens is 116 g/mol. The summed E-state index contributed by atoms with van der Waals surface area (Å²) < 4.78 is 0. The molecule has 0 aromatic carbocycles. The van der Waals surface area contributed by atoms with Crippen molar-refractivity contribution >= 4 is 12.0 Å². The lowest BCUT2D eigenvalue weighted by molar-refractivity contribution is 1.31. The highest BCUT2D eigenvalue weighted by molar-refractivity contribution is 5.82. The topological polar surface area (TPSA) is 67.1 Å². The van der Waals surface area contributed by atoms with E-state index >= 15 is 0 Å². The SMILES string of the molecule is C/N=C\c1nc[nH]c1N. The molecule has 0 bridgehead atoms. The molecule has 0 fully saturated rings. The van der Waals surface area contributed by atoms with Crippen molar-refractivity contribution in [3.05, 3.63) is 12.0 Å². The van der Waals surface area contributed by atoms with Gasteiger partial charge in [-0.2, -0.15) is 0 Å². The highest BCUT2D eigenvalue weighted by atomic mass is 15.0. The van der Waals surface area contributed by atoms with Crippen LogP contribution in [0, 0.1) is 0 Å². The molecule has 3 N–H and O–H groups in total. The number of hydrogen-bond donors (Lipinski definition) is 2. The van der Waals surface area contributed by atoms with Crippen LogP contribution in [-0.4, -0.2) is 23.2 Å². The van der Waals surface area contributed by atoms with Crippen LogP contribution >= 0.6 is 0 Å². The van der Waals surface area contributed by atoms with Crippen molar-refractivity contribution in [1.29, 1.82) is 0 Å². The molecule has 0 spiro atoms. The quantitative estimate of drug-likeness (QED) is 0.519. The zero-order valence-electron chi connectivity index (χ0n) is 5.13. The van der Waals surface area contributed by atoms with Crippen LogP contribution < -0.4 is 5.73 Å². The lowest BCUT2D eigenvalue weighted by atomic mass is 10.5. The largest absolute Gasteiger partial charge is 0.383 e. The van der Waals surface area contributed by atoms with Gasteiger partial charge in [0, 0.05) is 7.05 Å². The number of aromatic nitrogens is 2. The Balaban J connectivity index is 2.94. The molecule has 0 amide bonds. The van der Waals surface area contributed by atoms with Gasteiger partial charge in [0.15, 0.2) is 0 Å². The Labute approximate surface area is 52.8 Å². The summed E-state index contributed by atoms with van der Waals surface area (Å²) >= 11 is 0. The Hall–Kier alpha value is -1.32. The smallest absolute Gasteiger partial charge is 0.129 e. The molecule has 1 rings (SSSR count). The van der Waals surface area contributed by atoms with Gasteiger partial charge in [-0.3, -0.25) is 4.99 Å². The molecule has 0 unspecified atom stereocenters. The van der Waals surface area contributed by atoms with Crippen LogP contribution in [0.15, 0.2) is 11.3 Å². The number of nitrogens with one attached hydrogen (secondary N) is 1. The minimum absolute atomic E-state index is 0.556. The first-order chi connectivity index (χ1) is 4.34. The van der Waals surface area contributed by atoms with Crippen LogP contribution in [0.25, 0.3) is 0 Å². The number of rotatable bonds is 1. The lowest BCUT2D eigenvalue weighted by Crippen LogP contribution is -1.90. The fourth-order valence-electron chi connectivity index (χ4n) is 0.540. The van der Waals surface area contributed by atoms with Crippen LogP contribution in [-0.2, 0) is 0 Å². The van der Waals surface area contributed by atoms with Gasteiger partial charge in [0.05, 0.1) is 12.5 Å². The molecular formula is C5H8N4. The molecule has 0 saturated carbocycles. The van der Waals surface area contributed by atoms with Gasteiger partial charge in [-0.15, -0.1) is 0 Å². The Morgan fingerprint density at radius 3 is 3.11 bits per heavy atom. The second-order valence-electron chi connectivity index (χ2n) is 1.59. The number of H-pyrrole nitrogens is 1. The first-order valence-electron chi connectivity index (χ1n) is 2.55. The van der Waals surface area contributed by atoms with Gasteiger partial charge in [-0.25, -0.2) is 4.98 Å². The number of imidazole rings is 1. The minimum atomic E-state index is 0.556. The average molecular weight is 124 g/mol. The molecule has 1 aromatic rings. The van der Waals surface area contributed by atoms with E-state index in [4.69, 9.17) is 5.73 Å². The van der Waals surface area contributed by atoms with Crippen molar-refractivity contribution in [3.8, 4) is 0 Å². The maximum absolute atomic E-state index is 5.42. The van der Waals surface area contributed by atoms with Crippen molar-refractivity contribution in [3.63, 3.8) is 0 Å². The zero-order valence-corrected chi connectivity index (χ0v) is 5.13. The van der Waals surface area contributed by atoms with E-state index in [1.165, 1.54) is 6.33 Å². The van der Waals surface area contributed by atoms with E-state index in [1.807, 2.05) is 0 Å². The monoisotopic (exact) mass is 124 g/mol. The molecule has 9 heavy (non-hydrogen) atoms. The molecule has 0 saturated heterocycles. The third-order valence-electron chi connectivity index (χ3n) is 0.951. The van der Waals surface area contributed by atoms with Gasteiger partial charge in [0.25, 0.3) is 0 Å². The summed E-state index contributed by atoms with van der Waals surface area (Å²) in [4.78, 5) is 10.4. The Morgan fingerprint density at radius 1 is 1.89 bits per heavy atom. The number of anilines is 1. The van der Waals surface area contributed by atoms with Crippen molar-refractivity contribution in [2.75, 3.05) is 12.8 Å². The van der Waals surface area contributed by atoms with Crippen LogP contribution in [0.1, 0.15) is 5.69 Å². The number of aromatic amines is 1. The normalized spacial score (nSPS) is 10.8. The summed E-state index contributed by atoms with van der Waals surface area (Å²) in [5.41, 5.74) is 6.11. The molecule has 0 aliphatic heterocycles. The third kappa shape index (κ3) is 1.07. The van der Waals surface area contributed by atoms with Crippen LogP contribution in [0.2, 0.25) is 0 Å². The molecule has 4 nitrogen and oxygen atoms in total. The molecule has 1 aromatic heterocycles. The maximum atomic E-state index is 5.42. The third-order valence-corrected chi connectivity index (χ3v) is 0.951.